The topological polar surface area (TPSA) is 41.8 Å². The summed E-state index contributed by atoms with van der Waals surface area (Å²) in [4.78, 5) is 5.07. The molecule has 0 saturated carbocycles. The van der Waals surface area contributed by atoms with Gasteiger partial charge in [0.1, 0.15) is 12.9 Å². The zero-order valence-electron chi connectivity index (χ0n) is 14.7. The highest BCUT2D eigenvalue weighted by Crippen LogP contribution is 2.55. The minimum atomic E-state index is 0.0777. The van der Waals surface area contributed by atoms with Crippen molar-refractivity contribution in [3.63, 3.8) is 0 Å². The molecule has 0 aromatic heterocycles. The second-order valence-electron chi connectivity index (χ2n) is 7.18. The first kappa shape index (κ1) is 15.9. The summed E-state index contributed by atoms with van der Waals surface area (Å²) in [5.74, 6) is 0.344. The molecule has 4 rings (SSSR count). The molecule has 1 atom stereocenters. The van der Waals surface area contributed by atoms with Crippen molar-refractivity contribution in [3.05, 3.63) is 70.8 Å². The van der Waals surface area contributed by atoms with Crippen LogP contribution in [0.1, 0.15) is 36.5 Å². The van der Waals surface area contributed by atoms with Gasteiger partial charge in [0.2, 0.25) is 0 Å². The van der Waals surface area contributed by atoms with Gasteiger partial charge >= 0.3 is 0 Å². The zero-order valence-corrected chi connectivity index (χ0v) is 14.7. The van der Waals surface area contributed by atoms with Crippen molar-refractivity contribution >= 4 is 11.3 Å². The summed E-state index contributed by atoms with van der Waals surface area (Å²) in [6, 6.07) is 16.5. The van der Waals surface area contributed by atoms with Gasteiger partial charge in [-0.05, 0) is 72.6 Å². The summed E-state index contributed by atoms with van der Waals surface area (Å²) in [7, 11) is 1.61. The maximum absolute atomic E-state index is 9.95. The average Bonchev–Trinajstić information content (AvgIpc) is 2.92. The normalized spacial score (nSPS) is 23.5. The Labute approximate surface area is 148 Å². The number of benzene rings is 2. The largest absolute Gasteiger partial charge is 0.508 e. The summed E-state index contributed by atoms with van der Waals surface area (Å²) < 4.78 is 0. The van der Waals surface area contributed by atoms with E-state index in [0.29, 0.717) is 5.75 Å². The van der Waals surface area contributed by atoms with Crippen LogP contribution in [0.2, 0.25) is 0 Å². The first-order valence-corrected chi connectivity index (χ1v) is 8.81. The maximum atomic E-state index is 9.95. The van der Waals surface area contributed by atoms with E-state index < -0.39 is 0 Å². The third-order valence-electron chi connectivity index (χ3n) is 5.65. The molecule has 0 fully saturated rings. The van der Waals surface area contributed by atoms with Crippen molar-refractivity contribution in [2.45, 2.75) is 32.6 Å². The lowest BCUT2D eigenvalue weighted by Crippen LogP contribution is -2.30. The monoisotopic (exact) mass is 333 g/mol. The van der Waals surface area contributed by atoms with Crippen LogP contribution in [0.25, 0.3) is 5.57 Å². The summed E-state index contributed by atoms with van der Waals surface area (Å²) in [5, 5.41) is 14.2. The summed E-state index contributed by atoms with van der Waals surface area (Å²) in [6.45, 7) is 2.16. The van der Waals surface area contributed by atoms with Crippen molar-refractivity contribution in [2.24, 2.45) is 10.6 Å². The second kappa shape index (κ2) is 6.07. The molecule has 2 aliphatic carbocycles. The Morgan fingerprint density at radius 1 is 1.16 bits per heavy atom. The predicted molar refractivity (Wildman–Crippen MR) is 101 cm³/mol. The molecule has 0 spiro atoms. The van der Waals surface area contributed by atoms with Crippen LogP contribution in [-0.4, -0.2) is 17.9 Å². The molecular formula is C22H23NO2. The number of phenols is 1. The first-order chi connectivity index (χ1) is 12.1. The number of fused-ring (bicyclic) bond motifs is 3. The highest BCUT2D eigenvalue weighted by atomic mass is 16.6. The van der Waals surface area contributed by atoms with Crippen LogP contribution in [0.4, 0.5) is 0 Å². The Morgan fingerprint density at radius 3 is 2.72 bits per heavy atom. The van der Waals surface area contributed by atoms with Gasteiger partial charge in [0.25, 0.3) is 0 Å². The van der Waals surface area contributed by atoms with E-state index in [1.54, 1.807) is 13.2 Å². The van der Waals surface area contributed by atoms with E-state index in [4.69, 9.17) is 4.84 Å². The Morgan fingerprint density at radius 2 is 1.96 bits per heavy atom. The molecule has 0 bridgehead atoms. The van der Waals surface area contributed by atoms with Crippen LogP contribution in [-0.2, 0) is 17.7 Å². The van der Waals surface area contributed by atoms with Crippen molar-refractivity contribution in [2.75, 3.05) is 7.11 Å². The van der Waals surface area contributed by atoms with Gasteiger partial charge < -0.3 is 9.94 Å². The van der Waals surface area contributed by atoms with Gasteiger partial charge in [0, 0.05) is 5.41 Å². The van der Waals surface area contributed by atoms with Gasteiger partial charge in [0.05, 0.1) is 5.71 Å². The van der Waals surface area contributed by atoms with Crippen LogP contribution >= 0.6 is 0 Å². The molecule has 3 nitrogen and oxygen atoms in total. The number of rotatable bonds is 3. The first-order valence-electron chi connectivity index (χ1n) is 8.81. The molecule has 0 radical (unpaired) electrons. The van der Waals surface area contributed by atoms with Gasteiger partial charge in [-0.2, -0.15) is 0 Å². The molecule has 2 aromatic rings. The number of oxime groups is 1. The van der Waals surface area contributed by atoms with E-state index in [-0.39, 0.29) is 5.41 Å². The lowest BCUT2D eigenvalue weighted by molar-refractivity contribution is 0.211. The molecular weight excluding hydrogens is 310 g/mol. The number of hydrogen-bond donors (Lipinski definition) is 1. The molecule has 25 heavy (non-hydrogen) atoms. The molecule has 128 valence electrons. The molecule has 0 saturated heterocycles. The Hall–Kier alpha value is -2.55. The summed E-state index contributed by atoms with van der Waals surface area (Å²) in [6.07, 6.45) is 3.96. The molecule has 1 unspecified atom stereocenters. The standard InChI is InChI=1S/C22H23NO2/c1-15-20(23-25-2)10-11-22(13-16-6-4-3-5-7-16)14-17-12-18(24)8-9-19(17)21(15)22/h3-9,12,24H,10-11,13-14H2,1-2H3/b23-20+. The van der Waals surface area contributed by atoms with Gasteiger partial charge in [-0.1, -0.05) is 41.6 Å². The molecule has 0 amide bonds. The number of aromatic hydroxyl groups is 1. The van der Waals surface area contributed by atoms with Gasteiger partial charge in [-0.15, -0.1) is 0 Å². The molecule has 1 N–H and O–H groups in total. The van der Waals surface area contributed by atoms with E-state index >= 15 is 0 Å². The fourth-order valence-electron chi connectivity index (χ4n) is 4.66. The van der Waals surface area contributed by atoms with E-state index in [9.17, 15) is 5.11 Å². The van der Waals surface area contributed by atoms with Crippen LogP contribution in [0.5, 0.6) is 5.75 Å². The fourth-order valence-corrected chi connectivity index (χ4v) is 4.66. The van der Waals surface area contributed by atoms with E-state index in [1.165, 1.54) is 27.8 Å². The Bertz CT molecular complexity index is 867. The van der Waals surface area contributed by atoms with E-state index in [1.807, 2.05) is 6.07 Å². The molecule has 3 heteroatoms. The van der Waals surface area contributed by atoms with Crippen molar-refractivity contribution in [1.29, 1.82) is 0 Å². The highest BCUT2D eigenvalue weighted by Gasteiger charge is 2.45. The smallest absolute Gasteiger partial charge is 0.115 e. The average molecular weight is 333 g/mol. The number of hydrogen-bond acceptors (Lipinski definition) is 3. The Balaban J connectivity index is 1.87. The number of allylic oxidation sites excluding steroid dienone is 2. The van der Waals surface area contributed by atoms with Gasteiger partial charge in [-0.25, -0.2) is 0 Å². The highest BCUT2D eigenvalue weighted by molar-refractivity contribution is 6.09. The minimum absolute atomic E-state index is 0.0777. The third kappa shape index (κ3) is 2.64. The summed E-state index contributed by atoms with van der Waals surface area (Å²) in [5.41, 5.74) is 7.59. The predicted octanol–water partition coefficient (Wildman–Crippen LogP) is 4.75. The van der Waals surface area contributed by atoms with Crippen LogP contribution in [0.3, 0.4) is 0 Å². The molecule has 0 aliphatic heterocycles. The molecule has 0 heterocycles. The van der Waals surface area contributed by atoms with Crippen LogP contribution < -0.4 is 0 Å². The second-order valence-corrected chi connectivity index (χ2v) is 7.18. The van der Waals surface area contributed by atoms with Crippen LogP contribution in [0, 0.1) is 5.41 Å². The quantitative estimate of drug-likeness (QED) is 0.824. The number of nitrogens with zero attached hydrogens (tertiary/aromatic N) is 1. The van der Waals surface area contributed by atoms with E-state index in [2.05, 4.69) is 48.5 Å². The zero-order chi connectivity index (χ0) is 17.4. The number of phenolic OH excluding ortho intramolecular Hbond substituents is 1. The van der Waals surface area contributed by atoms with Crippen molar-refractivity contribution in [1.82, 2.24) is 0 Å². The van der Waals surface area contributed by atoms with Crippen LogP contribution in [0.15, 0.2) is 59.3 Å². The lowest BCUT2D eigenvalue weighted by Gasteiger charge is -2.37. The van der Waals surface area contributed by atoms with Gasteiger partial charge in [-0.3, -0.25) is 0 Å². The Kier molecular flexibility index (Phi) is 3.87. The lowest BCUT2D eigenvalue weighted by atomic mass is 9.67. The van der Waals surface area contributed by atoms with Gasteiger partial charge in [0.15, 0.2) is 0 Å². The van der Waals surface area contributed by atoms with Crippen molar-refractivity contribution in [3.8, 4) is 5.75 Å². The summed E-state index contributed by atoms with van der Waals surface area (Å²) >= 11 is 0. The fraction of sp³-hybridized carbons (Fsp3) is 0.318. The third-order valence-corrected chi connectivity index (χ3v) is 5.65. The molecule has 2 aliphatic rings. The maximum Gasteiger partial charge on any atom is 0.115 e. The minimum Gasteiger partial charge on any atom is -0.508 e. The van der Waals surface area contributed by atoms with E-state index in [0.717, 1.165) is 31.4 Å². The molecule has 2 aromatic carbocycles. The SMILES string of the molecule is CO/N=C1\CCC2(Cc3ccccc3)Cc3cc(O)ccc3C2=C1C. The van der Waals surface area contributed by atoms with Crippen molar-refractivity contribution < 1.29 is 9.94 Å².